The number of aromatic amines is 1. The number of hydrogen-bond donors (Lipinski definition) is 2. The van der Waals surface area contributed by atoms with Gasteiger partial charge in [-0.05, 0) is 42.5 Å². The minimum atomic E-state index is -1.00. The van der Waals surface area contributed by atoms with Crippen LogP contribution in [0.1, 0.15) is 10.5 Å². The van der Waals surface area contributed by atoms with Crippen molar-refractivity contribution in [3.8, 4) is 17.1 Å². The van der Waals surface area contributed by atoms with Crippen LogP contribution >= 0.6 is 0 Å². The Morgan fingerprint density at radius 1 is 1.00 bits per heavy atom. The standard InChI is InChI=1S/C18H10F3N5O2/c19-8-1-4-10(5-2-8)26-17-14(24-18(26)28)13(15(22)27)23-16(25-17)11-7-9(20)3-6-12(11)21/h1-7H,(H2,22,27)(H,24,28). The number of nitrogens with one attached hydrogen (secondary N) is 1. The van der Waals surface area contributed by atoms with Gasteiger partial charge >= 0.3 is 5.69 Å². The molecular weight excluding hydrogens is 375 g/mol. The van der Waals surface area contributed by atoms with E-state index >= 15 is 0 Å². The number of nitrogens with two attached hydrogens (primary N) is 1. The lowest BCUT2D eigenvalue weighted by Crippen LogP contribution is -2.15. The fraction of sp³-hybridized carbons (Fsp3) is 0. The zero-order chi connectivity index (χ0) is 20.0. The van der Waals surface area contributed by atoms with E-state index in [1.54, 1.807) is 0 Å². The number of halogens is 3. The molecule has 3 N–H and O–H groups in total. The normalized spacial score (nSPS) is 11.1. The highest BCUT2D eigenvalue weighted by atomic mass is 19.1. The number of carbonyl (C=O) groups is 1. The number of hydrogen-bond acceptors (Lipinski definition) is 4. The summed E-state index contributed by atoms with van der Waals surface area (Å²) in [6, 6.07) is 7.54. The average molecular weight is 385 g/mol. The van der Waals surface area contributed by atoms with Crippen LogP contribution in [0.2, 0.25) is 0 Å². The van der Waals surface area contributed by atoms with Gasteiger partial charge in [-0.25, -0.2) is 32.5 Å². The van der Waals surface area contributed by atoms with E-state index in [-0.39, 0.29) is 33.9 Å². The highest BCUT2D eigenvalue weighted by Crippen LogP contribution is 2.24. The van der Waals surface area contributed by atoms with Gasteiger partial charge in [-0.2, -0.15) is 0 Å². The van der Waals surface area contributed by atoms with Crippen LogP contribution in [-0.4, -0.2) is 25.4 Å². The van der Waals surface area contributed by atoms with Crippen molar-refractivity contribution < 1.29 is 18.0 Å². The first-order valence-corrected chi connectivity index (χ1v) is 7.89. The van der Waals surface area contributed by atoms with Gasteiger partial charge < -0.3 is 10.7 Å². The second kappa shape index (κ2) is 6.34. The van der Waals surface area contributed by atoms with Gasteiger partial charge in [-0.15, -0.1) is 0 Å². The van der Waals surface area contributed by atoms with Crippen LogP contribution in [0.3, 0.4) is 0 Å². The molecule has 4 aromatic rings. The predicted octanol–water partition coefficient (Wildman–Crippen LogP) is 2.29. The number of amides is 1. The van der Waals surface area contributed by atoms with E-state index in [9.17, 15) is 22.8 Å². The van der Waals surface area contributed by atoms with Crippen LogP contribution < -0.4 is 11.4 Å². The topological polar surface area (TPSA) is 107 Å². The van der Waals surface area contributed by atoms with E-state index in [2.05, 4.69) is 15.0 Å². The van der Waals surface area contributed by atoms with Crippen molar-refractivity contribution in [3.05, 3.63) is 76.1 Å². The molecule has 1 amide bonds. The number of fused-ring (bicyclic) bond motifs is 1. The summed E-state index contributed by atoms with van der Waals surface area (Å²) in [5, 5.41) is 0. The Kier molecular flexibility index (Phi) is 3.95. The first-order valence-electron chi connectivity index (χ1n) is 7.89. The van der Waals surface area contributed by atoms with Gasteiger partial charge in [0.1, 0.15) is 23.0 Å². The number of benzene rings is 2. The van der Waals surface area contributed by atoms with Gasteiger partial charge in [0.15, 0.2) is 17.2 Å². The third kappa shape index (κ3) is 2.80. The Balaban J connectivity index is 2.08. The largest absolute Gasteiger partial charge is 0.364 e. The van der Waals surface area contributed by atoms with Crippen molar-refractivity contribution in [1.29, 1.82) is 0 Å². The maximum Gasteiger partial charge on any atom is 0.332 e. The molecule has 0 aliphatic rings. The van der Waals surface area contributed by atoms with Gasteiger partial charge in [-0.3, -0.25) is 4.79 Å². The van der Waals surface area contributed by atoms with Crippen molar-refractivity contribution in [1.82, 2.24) is 19.5 Å². The summed E-state index contributed by atoms with van der Waals surface area (Å²) in [7, 11) is 0. The molecule has 0 saturated heterocycles. The molecule has 0 atom stereocenters. The lowest BCUT2D eigenvalue weighted by atomic mass is 10.2. The second-order valence-electron chi connectivity index (χ2n) is 5.82. The first-order chi connectivity index (χ1) is 13.3. The Morgan fingerprint density at radius 3 is 2.36 bits per heavy atom. The molecule has 0 fully saturated rings. The molecule has 2 aromatic carbocycles. The average Bonchev–Trinajstić information content (AvgIpc) is 2.99. The van der Waals surface area contributed by atoms with E-state index in [0.29, 0.717) is 0 Å². The lowest BCUT2D eigenvalue weighted by Gasteiger charge is -2.07. The molecule has 7 nitrogen and oxygen atoms in total. The maximum absolute atomic E-state index is 14.2. The summed E-state index contributed by atoms with van der Waals surface area (Å²) in [6.45, 7) is 0. The van der Waals surface area contributed by atoms with E-state index in [4.69, 9.17) is 5.73 Å². The Hall–Kier alpha value is -3.95. The predicted molar refractivity (Wildman–Crippen MR) is 93.3 cm³/mol. The van der Waals surface area contributed by atoms with Crippen LogP contribution in [-0.2, 0) is 0 Å². The second-order valence-corrected chi connectivity index (χ2v) is 5.82. The van der Waals surface area contributed by atoms with Gasteiger partial charge in [0.25, 0.3) is 5.91 Å². The maximum atomic E-state index is 14.2. The number of rotatable bonds is 3. The minimum absolute atomic E-state index is 0.0811. The third-order valence-corrected chi connectivity index (χ3v) is 4.02. The SMILES string of the molecule is NC(=O)c1nc(-c2cc(F)ccc2F)nc2c1[nH]c(=O)n2-c1ccc(F)cc1. The highest BCUT2D eigenvalue weighted by molar-refractivity contribution is 6.02. The van der Waals surface area contributed by atoms with Crippen molar-refractivity contribution in [2.45, 2.75) is 0 Å². The number of primary amides is 1. The highest BCUT2D eigenvalue weighted by Gasteiger charge is 2.21. The summed E-state index contributed by atoms with van der Waals surface area (Å²) in [5.74, 6) is -3.44. The van der Waals surface area contributed by atoms with E-state index < -0.39 is 29.0 Å². The number of H-pyrrole nitrogens is 1. The van der Waals surface area contributed by atoms with Gasteiger partial charge in [0.05, 0.1) is 11.3 Å². The quantitative estimate of drug-likeness (QED) is 0.564. The monoisotopic (exact) mass is 385 g/mol. The molecule has 0 unspecified atom stereocenters. The van der Waals surface area contributed by atoms with Crippen LogP contribution in [0.4, 0.5) is 13.2 Å². The first kappa shape index (κ1) is 17.5. The van der Waals surface area contributed by atoms with Gasteiger partial charge in [0, 0.05) is 0 Å². The molecular formula is C18H10F3N5O2. The van der Waals surface area contributed by atoms with Crippen LogP contribution in [0.5, 0.6) is 0 Å². The number of nitrogens with zero attached hydrogens (tertiary/aromatic N) is 3. The molecule has 28 heavy (non-hydrogen) atoms. The van der Waals surface area contributed by atoms with Crippen molar-refractivity contribution in [3.63, 3.8) is 0 Å². The summed E-state index contributed by atoms with van der Waals surface area (Å²) >= 11 is 0. The summed E-state index contributed by atoms with van der Waals surface area (Å²) in [6.07, 6.45) is 0. The molecule has 140 valence electrons. The lowest BCUT2D eigenvalue weighted by molar-refractivity contribution is 0.0997. The van der Waals surface area contributed by atoms with Crippen LogP contribution in [0, 0.1) is 17.5 Å². The molecule has 0 aliphatic heterocycles. The van der Waals surface area contributed by atoms with Crippen molar-refractivity contribution in [2.75, 3.05) is 0 Å². The molecule has 0 bridgehead atoms. The molecule has 2 aromatic heterocycles. The van der Waals surface area contributed by atoms with Gasteiger partial charge in [0.2, 0.25) is 0 Å². The van der Waals surface area contributed by atoms with E-state index in [0.717, 1.165) is 34.9 Å². The molecule has 4 rings (SSSR count). The fourth-order valence-electron chi connectivity index (χ4n) is 2.78. The molecule has 10 heteroatoms. The summed E-state index contributed by atoms with van der Waals surface area (Å²) in [4.78, 5) is 34.7. The van der Waals surface area contributed by atoms with Crippen molar-refractivity contribution >= 4 is 17.1 Å². The molecule has 0 saturated carbocycles. The zero-order valence-corrected chi connectivity index (χ0v) is 13.9. The van der Waals surface area contributed by atoms with Gasteiger partial charge in [-0.1, -0.05) is 0 Å². The summed E-state index contributed by atoms with van der Waals surface area (Å²) in [5.41, 5.74) is 4.00. The molecule has 0 radical (unpaired) electrons. The number of imidazole rings is 1. The number of carbonyl (C=O) groups excluding carboxylic acids is 1. The van der Waals surface area contributed by atoms with E-state index in [1.165, 1.54) is 12.1 Å². The van der Waals surface area contributed by atoms with Crippen molar-refractivity contribution in [2.24, 2.45) is 5.73 Å². The summed E-state index contributed by atoms with van der Waals surface area (Å²) < 4.78 is 42.0. The van der Waals surface area contributed by atoms with Crippen LogP contribution in [0.25, 0.3) is 28.2 Å². The zero-order valence-electron chi connectivity index (χ0n) is 13.9. The Labute approximate surface area is 154 Å². The smallest absolute Gasteiger partial charge is 0.332 e. The van der Waals surface area contributed by atoms with E-state index in [1.807, 2.05) is 0 Å². The Bertz CT molecular complexity index is 1300. The minimum Gasteiger partial charge on any atom is -0.364 e. The third-order valence-electron chi connectivity index (χ3n) is 4.02. The Morgan fingerprint density at radius 2 is 1.68 bits per heavy atom. The number of aromatic nitrogens is 4. The molecule has 0 spiro atoms. The molecule has 0 aliphatic carbocycles. The fourth-order valence-corrected chi connectivity index (χ4v) is 2.78. The molecule has 2 heterocycles. The van der Waals surface area contributed by atoms with Crippen LogP contribution in [0.15, 0.2) is 47.3 Å².